The Labute approximate surface area is 169 Å². The van der Waals surface area contributed by atoms with Crippen molar-refractivity contribution in [2.75, 3.05) is 12.4 Å². The van der Waals surface area contributed by atoms with Crippen LogP contribution in [0.3, 0.4) is 0 Å². The number of hydrogen-bond acceptors (Lipinski definition) is 6. The zero-order valence-electron chi connectivity index (χ0n) is 16.8. The molecule has 1 aromatic carbocycles. The summed E-state index contributed by atoms with van der Waals surface area (Å²) in [6.07, 6.45) is 0.758. The number of ether oxygens (including phenoxy) is 1. The minimum Gasteiger partial charge on any atom is -0.495 e. The maximum atomic E-state index is 12.9. The van der Waals surface area contributed by atoms with Gasteiger partial charge < -0.3 is 10.1 Å². The van der Waals surface area contributed by atoms with E-state index in [2.05, 4.69) is 15.1 Å². The number of amides is 1. The number of hydrogen-bond donors (Lipinski definition) is 2. The second-order valence-corrected chi connectivity index (χ2v) is 8.64. The highest BCUT2D eigenvalue weighted by atomic mass is 32.2. The number of benzene rings is 1. The number of sulfonamides is 1. The zero-order chi connectivity index (χ0) is 21.3. The van der Waals surface area contributed by atoms with Crippen LogP contribution in [0.4, 0.5) is 5.82 Å². The molecule has 0 fully saturated rings. The van der Waals surface area contributed by atoms with Gasteiger partial charge in [-0.05, 0) is 38.0 Å². The van der Waals surface area contributed by atoms with Crippen molar-refractivity contribution >= 4 is 27.7 Å². The molecular weight excluding hydrogens is 396 g/mol. The van der Waals surface area contributed by atoms with Gasteiger partial charge in [-0.25, -0.2) is 13.1 Å². The zero-order valence-corrected chi connectivity index (χ0v) is 17.6. The van der Waals surface area contributed by atoms with Crippen LogP contribution in [-0.4, -0.2) is 43.2 Å². The smallest absolute Gasteiger partial charge is 0.249 e. The maximum Gasteiger partial charge on any atom is 0.249 e. The summed E-state index contributed by atoms with van der Waals surface area (Å²) >= 11 is 0. The molecule has 2 heterocycles. The number of carbonyl (C=O) groups is 2. The predicted molar refractivity (Wildman–Crippen MR) is 108 cm³/mol. The van der Waals surface area contributed by atoms with Gasteiger partial charge in [-0.1, -0.05) is 13.0 Å². The second-order valence-electron chi connectivity index (χ2n) is 6.96. The lowest BCUT2D eigenvalue weighted by atomic mass is 10.1. The minimum absolute atomic E-state index is 0.0246. The van der Waals surface area contributed by atoms with Crippen molar-refractivity contribution in [3.8, 4) is 16.9 Å². The highest BCUT2D eigenvalue weighted by molar-refractivity contribution is 7.89. The standard InChI is InChI=1S/C19H24N4O5S/c1-5-11(2)22-29(26,27)15-10-13(6-7-14(15)28-4)18-12(3)21-23-17(25)9-8-16(24)20-19(18)23/h6-7,10-11,22H,5,8-9H2,1-4H3,(H,20,24)/t11-/m0/s1. The number of methoxy groups -OCH3 is 1. The normalized spacial score (nSPS) is 15.4. The van der Waals surface area contributed by atoms with Crippen molar-refractivity contribution in [3.05, 3.63) is 23.9 Å². The van der Waals surface area contributed by atoms with E-state index in [1.54, 1.807) is 26.0 Å². The van der Waals surface area contributed by atoms with Gasteiger partial charge in [-0.15, -0.1) is 0 Å². The van der Waals surface area contributed by atoms with Crippen LogP contribution in [0.5, 0.6) is 5.75 Å². The molecule has 0 spiro atoms. The molecule has 1 aromatic heterocycles. The van der Waals surface area contributed by atoms with E-state index in [0.29, 0.717) is 23.2 Å². The maximum absolute atomic E-state index is 12.9. The fraction of sp³-hybridized carbons (Fsp3) is 0.421. The highest BCUT2D eigenvalue weighted by Crippen LogP contribution is 2.36. The van der Waals surface area contributed by atoms with Crippen LogP contribution in [0, 0.1) is 6.92 Å². The number of anilines is 1. The average molecular weight is 420 g/mol. The highest BCUT2D eigenvalue weighted by Gasteiger charge is 2.28. The molecule has 2 aromatic rings. The molecule has 0 bridgehead atoms. The van der Waals surface area contributed by atoms with E-state index in [4.69, 9.17) is 4.74 Å². The molecule has 1 aliphatic rings. The van der Waals surface area contributed by atoms with Crippen LogP contribution in [0.1, 0.15) is 43.6 Å². The van der Waals surface area contributed by atoms with Crippen molar-refractivity contribution in [2.24, 2.45) is 0 Å². The number of rotatable bonds is 6. The van der Waals surface area contributed by atoms with Gasteiger partial charge in [0.05, 0.1) is 12.8 Å². The Morgan fingerprint density at radius 1 is 1.31 bits per heavy atom. The molecule has 3 rings (SSSR count). The monoisotopic (exact) mass is 420 g/mol. The van der Waals surface area contributed by atoms with Gasteiger partial charge in [-0.2, -0.15) is 9.78 Å². The summed E-state index contributed by atoms with van der Waals surface area (Å²) in [7, 11) is -2.45. The molecule has 0 radical (unpaired) electrons. The van der Waals surface area contributed by atoms with Crippen molar-refractivity contribution in [3.63, 3.8) is 0 Å². The van der Waals surface area contributed by atoms with E-state index < -0.39 is 10.0 Å². The van der Waals surface area contributed by atoms with Crippen molar-refractivity contribution in [1.82, 2.24) is 14.5 Å². The summed E-state index contributed by atoms with van der Waals surface area (Å²) in [5.41, 5.74) is 1.50. The van der Waals surface area contributed by atoms with E-state index in [1.807, 2.05) is 6.92 Å². The molecule has 0 unspecified atom stereocenters. The molecule has 1 atom stereocenters. The van der Waals surface area contributed by atoms with E-state index in [0.717, 1.165) is 0 Å². The van der Waals surface area contributed by atoms with Crippen LogP contribution in [0.25, 0.3) is 11.1 Å². The molecule has 10 heteroatoms. The van der Waals surface area contributed by atoms with Gasteiger partial charge in [0.25, 0.3) is 0 Å². The Hall–Kier alpha value is -2.72. The number of aromatic nitrogens is 2. The van der Waals surface area contributed by atoms with E-state index in [-0.39, 0.29) is 47.2 Å². The minimum atomic E-state index is -3.85. The fourth-order valence-electron chi connectivity index (χ4n) is 3.14. The Morgan fingerprint density at radius 2 is 2.03 bits per heavy atom. The summed E-state index contributed by atoms with van der Waals surface area (Å²) < 4.78 is 34.8. The fourth-order valence-corrected chi connectivity index (χ4v) is 4.67. The Bertz CT molecular complexity index is 1070. The first kappa shape index (κ1) is 21.0. The summed E-state index contributed by atoms with van der Waals surface area (Å²) in [4.78, 5) is 24.3. The largest absolute Gasteiger partial charge is 0.495 e. The Kier molecular flexibility index (Phi) is 5.76. The van der Waals surface area contributed by atoms with E-state index in [1.165, 1.54) is 17.9 Å². The number of fused-ring (bicyclic) bond motifs is 1. The lowest BCUT2D eigenvalue weighted by Crippen LogP contribution is -2.32. The molecule has 29 heavy (non-hydrogen) atoms. The Morgan fingerprint density at radius 3 is 2.69 bits per heavy atom. The molecule has 9 nitrogen and oxygen atoms in total. The third kappa shape index (κ3) is 4.03. The quantitative estimate of drug-likeness (QED) is 0.740. The summed E-state index contributed by atoms with van der Waals surface area (Å²) in [6.45, 7) is 5.36. The van der Waals surface area contributed by atoms with Crippen LogP contribution < -0.4 is 14.8 Å². The van der Waals surface area contributed by atoms with Crippen LogP contribution in [0.2, 0.25) is 0 Å². The molecule has 2 N–H and O–H groups in total. The van der Waals surface area contributed by atoms with Crippen LogP contribution in [0.15, 0.2) is 23.1 Å². The third-order valence-electron chi connectivity index (χ3n) is 4.83. The summed E-state index contributed by atoms with van der Waals surface area (Å²) in [5, 5.41) is 6.97. The van der Waals surface area contributed by atoms with Gasteiger partial charge in [-0.3, -0.25) is 9.59 Å². The van der Waals surface area contributed by atoms with Gasteiger partial charge in [0.1, 0.15) is 16.5 Å². The SMILES string of the molecule is CC[C@H](C)NS(=O)(=O)c1cc(-c2c(C)nn3c2NC(=O)CCC3=O)ccc1OC. The third-order valence-corrected chi connectivity index (χ3v) is 6.44. The molecule has 1 amide bonds. The number of nitrogens with one attached hydrogen (secondary N) is 2. The van der Waals surface area contributed by atoms with Gasteiger partial charge in [0.15, 0.2) is 0 Å². The molecule has 156 valence electrons. The van der Waals surface area contributed by atoms with Gasteiger partial charge in [0.2, 0.25) is 21.8 Å². The van der Waals surface area contributed by atoms with Gasteiger partial charge >= 0.3 is 0 Å². The number of aryl methyl sites for hydroxylation is 1. The number of carbonyl (C=O) groups excluding carboxylic acids is 2. The first-order valence-electron chi connectivity index (χ1n) is 9.31. The average Bonchev–Trinajstić information content (AvgIpc) is 2.93. The van der Waals surface area contributed by atoms with Crippen LogP contribution in [-0.2, 0) is 14.8 Å². The lowest BCUT2D eigenvalue weighted by molar-refractivity contribution is -0.116. The van der Waals surface area contributed by atoms with Crippen molar-refractivity contribution in [2.45, 2.75) is 51.0 Å². The molecular formula is C19H24N4O5S. The predicted octanol–water partition coefficient (Wildman–Crippen LogP) is 2.32. The topological polar surface area (TPSA) is 119 Å². The lowest BCUT2D eigenvalue weighted by Gasteiger charge is -2.16. The van der Waals surface area contributed by atoms with E-state index >= 15 is 0 Å². The van der Waals surface area contributed by atoms with E-state index in [9.17, 15) is 18.0 Å². The first-order valence-corrected chi connectivity index (χ1v) is 10.8. The Balaban J connectivity index is 2.17. The molecule has 0 saturated heterocycles. The summed E-state index contributed by atoms with van der Waals surface area (Å²) in [5.74, 6) is -0.149. The molecule has 1 aliphatic heterocycles. The summed E-state index contributed by atoms with van der Waals surface area (Å²) in [6, 6.07) is 4.44. The van der Waals surface area contributed by atoms with Gasteiger partial charge in [0, 0.05) is 24.4 Å². The second kappa shape index (κ2) is 7.96. The van der Waals surface area contributed by atoms with Crippen molar-refractivity contribution in [1.29, 1.82) is 0 Å². The van der Waals surface area contributed by atoms with Crippen LogP contribution >= 0.6 is 0 Å². The first-order chi connectivity index (χ1) is 13.7. The number of nitrogens with zero attached hydrogens (tertiary/aromatic N) is 2. The molecule has 0 saturated carbocycles. The van der Waals surface area contributed by atoms with Crippen molar-refractivity contribution < 1.29 is 22.7 Å². The molecule has 0 aliphatic carbocycles.